The summed E-state index contributed by atoms with van der Waals surface area (Å²) in [4.78, 5) is 23.9. The average Bonchev–Trinajstić information content (AvgIpc) is 3.21. The normalized spacial score (nSPS) is 14.7. The van der Waals surface area contributed by atoms with Crippen LogP contribution in [0.1, 0.15) is 50.8 Å². The number of anilines is 2. The monoisotopic (exact) mass is 547 g/mol. The smallest absolute Gasteiger partial charge is 0.208 e. The van der Waals surface area contributed by atoms with Crippen molar-refractivity contribution in [3.63, 3.8) is 0 Å². The standard InChI is InChI=1S/C31H35F2N5O2/c1-19(2)25-16-28(27(33)17-26(25)32)35-31-36-29-15-23(5-6-30(29)37(31)4)40-24-7-10-34-21(14-24)13-22(39)18-38-11-8-20(3)9-12-38/h5-7,10,14-17,19-20H,8-9,11-13,18H2,1-4H3,(H,35,36). The molecule has 0 radical (unpaired) electrons. The van der Waals surface area contributed by atoms with Gasteiger partial charge in [0, 0.05) is 31.4 Å². The number of ether oxygens (including phenoxy) is 1. The third-order valence-corrected chi connectivity index (χ3v) is 7.49. The minimum Gasteiger partial charge on any atom is -0.457 e. The van der Waals surface area contributed by atoms with Crippen LogP contribution in [0.3, 0.4) is 0 Å². The van der Waals surface area contributed by atoms with E-state index in [9.17, 15) is 13.6 Å². The van der Waals surface area contributed by atoms with Crippen LogP contribution >= 0.6 is 0 Å². The van der Waals surface area contributed by atoms with E-state index in [1.165, 1.54) is 6.07 Å². The quantitative estimate of drug-likeness (QED) is 0.250. The molecule has 1 N–H and O–H groups in total. The van der Waals surface area contributed by atoms with Crippen LogP contribution in [0.15, 0.2) is 48.7 Å². The summed E-state index contributed by atoms with van der Waals surface area (Å²) in [6, 6.07) is 11.4. The van der Waals surface area contributed by atoms with E-state index < -0.39 is 11.6 Å². The molecule has 0 spiro atoms. The minimum atomic E-state index is -0.685. The highest BCUT2D eigenvalue weighted by Gasteiger charge is 2.19. The number of Topliss-reactive ketones (excluding diaryl/α,β-unsaturated/α-hetero) is 1. The lowest BCUT2D eigenvalue weighted by Crippen LogP contribution is -2.37. The van der Waals surface area contributed by atoms with Crippen molar-refractivity contribution in [2.24, 2.45) is 13.0 Å². The largest absolute Gasteiger partial charge is 0.457 e. The highest BCUT2D eigenvalue weighted by atomic mass is 19.1. The first-order chi connectivity index (χ1) is 19.2. The highest BCUT2D eigenvalue weighted by molar-refractivity contribution is 5.83. The molecule has 1 aliphatic heterocycles. The van der Waals surface area contributed by atoms with E-state index in [-0.39, 0.29) is 23.8 Å². The molecule has 210 valence electrons. The van der Waals surface area contributed by atoms with Gasteiger partial charge in [0.05, 0.1) is 35.4 Å². The molecule has 3 heterocycles. The van der Waals surface area contributed by atoms with Crippen LogP contribution in [0.2, 0.25) is 0 Å². The van der Waals surface area contributed by atoms with Crippen LogP contribution in [0.5, 0.6) is 11.5 Å². The van der Waals surface area contributed by atoms with Crippen molar-refractivity contribution in [2.45, 2.75) is 46.0 Å². The number of rotatable bonds is 9. The molecule has 0 aliphatic carbocycles. The van der Waals surface area contributed by atoms with Gasteiger partial charge in [0.2, 0.25) is 5.95 Å². The molecule has 5 rings (SSSR count). The fourth-order valence-electron chi connectivity index (χ4n) is 5.06. The van der Waals surface area contributed by atoms with Crippen LogP contribution in [0.4, 0.5) is 20.4 Å². The molecule has 40 heavy (non-hydrogen) atoms. The molecule has 4 aromatic rings. The zero-order valence-corrected chi connectivity index (χ0v) is 23.4. The number of hydrogen-bond acceptors (Lipinski definition) is 6. The van der Waals surface area contributed by atoms with Gasteiger partial charge < -0.3 is 14.6 Å². The zero-order valence-electron chi connectivity index (χ0n) is 23.4. The van der Waals surface area contributed by atoms with E-state index in [2.05, 4.69) is 27.1 Å². The van der Waals surface area contributed by atoms with Crippen molar-refractivity contribution >= 4 is 28.5 Å². The van der Waals surface area contributed by atoms with Crippen molar-refractivity contribution in [3.8, 4) is 11.5 Å². The summed E-state index contributed by atoms with van der Waals surface area (Å²) in [7, 11) is 1.82. The van der Waals surface area contributed by atoms with Gasteiger partial charge in [0.1, 0.15) is 23.1 Å². The van der Waals surface area contributed by atoms with E-state index in [1.807, 2.05) is 33.0 Å². The van der Waals surface area contributed by atoms with Crippen molar-refractivity contribution in [1.82, 2.24) is 19.4 Å². The second kappa shape index (κ2) is 11.7. The molecule has 0 saturated carbocycles. The number of nitrogens with zero attached hydrogens (tertiary/aromatic N) is 4. The van der Waals surface area contributed by atoms with Crippen molar-refractivity contribution in [2.75, 3.05) is 25.0 Å². The Balaban J connectivity index is 1.28. The van der Waals surface area contributed by atoms with Crippen molar-refractivity contribution in [3.05, 3.63) is 71.6 Å². The Labute approximate surface area is 233 Å². The summed E-state index contributed by atoms with van der Waals surface area (Å²) in [5, 5.41) is 3.00. The second-order valence-corrected chi connectivity index (χ2v) is 11.0. The Morgan fingerprint density at radius 1 is 1.07 bits per heavy atom. The molecule has 1 fully saturated rings. The maximum absolute atomic E-state index is 14.5. The summed E-state index contributed by atoms with van der Waals surface area (Å²) >= 11 is 0. The summed E-state index contributed by atoms with van der Waals surface area (Å²) in [6.07, 6.45) is 4.17. The number of piperidine rings is 1. The molecule has 2 aromatic heterocycles. The van der Waals surface area contributed by atoms with E-state index in [0.717, 1.165) is 43.4 Å². The summed E-state index contributed by atoms with van der Waals surface area (Å²) < 4.78 is 36.6. The molecular weight excluding hydrogens is 512 g/mol. The van der Waals surface area contributed by atoms with E-state index in [4.69, 9.17) is 4.74 Å². The molecular formula is C31H35F2N5O2. The van der Waals surface area contributed by atoms with Crippen LogP contribution in [0.25, 0.3) is 11.0 Å². The number of ketones is 1. The van der Waals surface area contributed by atoms with E-state index >= 15 is 0 Å². The molecule has 1 saturated heterocycles. The van der Waals surface area contributed by atoms with Gasteiger partial charge in [-0.1, -0.05) is 20.8 Å². The van der Waals surface area contributed by atoms with Gasteiger partial charge in [0.25, 0.3) is 0 Å². The number of likely N-dealkylation sites (tertiary alicyclic amines) is 1. The number of halogens is 2. The minimum absolute atomic E-state index is 0.0910. The number of aromatic nitrogens is 3. The lowest BCUT2D eigenvalue weighted by Gasteiger charge is -2.29. The summed E-state index contributed by atoms with van der Waals surface area (Å²) in [6.45, 7) is 8.36. The molecule has 0 amide bonds. The third kappa shape index (κ3) is 6.31. The fourth-order valence-corrected chi connectivity index (χ4v) is 5.06. The fraction of sp³-hybridized carbons (Fsp3) is 0.387. The Morgan fingerprint density at radius 2 is 1.82 bits per heavy atom. The zero-order chi connectivity index (χ0) is 28.4. The lowest BCUT2D eigenvalue weighted by atomic mass is 9.99. The molecule has 7 nitrogen and oxygen atoms in total. The molecule has 0 bridgehead atoms. The SMILES string of the molecule is CC1CCN(CC(=O)Cc2cc(Oc3ccc4c(c3)nc(Nc3cc(C(C)C)c(F)cc3F)n4C)ccn2)CC1. The number of carbonyl (C=O) groups excluding carboxylic acids is 1. The predicted octanol–water partition coefficient (Wildman–Crippen LogP) is 6.75. The van der Waals surface area contributed by atoms with E-state index in [0.29, 0.717) is 40.8 Å². The second-order valence-electron chi connectivity index (χ2n) is 11.0. The number of hydrogen-bond donors (Lipinski definition) is 1. The van der Waals surface area contributed by atoms with Gasteiger partial charge in [0.15, 0.2) is 5.78 Å². The Kier molecular flexibility index (Phi) is 8.12. The van der Waals surface area contributed by atoms with Crippen LogP contribution < -0.4 is 10.1 Å². The van der Waals surface area contributed by atoms with Crippen LogP contribution in [-0.2, 0) is 18.3 Å². The number of aryl methyl sites for hydroxylation is 1. The van der Waals surface area contributed by atoms with Gasteiger partial charge in [-0.05, 0) is 67.6 Å². The van der Waals surface area contributed by atoms with Gasteiger partial charge in [-0.25, -0.2) is 13.8 Å². The highest BCUT2D eigenvalue weighted by Crippen LogP contribution is 2.31. The molecule has 0 unspecified atom stereocenters. The number of benzene rings is 2. The van der Waals surface area contributed by atoms with Crippen LogP contribution in [-0.4, -0.2) is 44.9 Å². The van der Waals surface area contributed by atoms with Gasteiger partial charge in [-0.3, -0.25) is 14.7 Å². The first kappa shape index (κ1) is 27.7. The Hall–Kier alpha value is -3.85. The number of nitrogens with one attached hydrogen (secondary N) is 1. The number of carbonyl (C=O) groups is 1. The van der Waals surface area contributed by atoms with Gasteiger partial charge in [-0.15, -0.1) is 0 Å². The maximum Gasteiger partial charge on any atom is 0.208 e. The molecule has 2 aromatic carbocycles. The molecule has 0 atom stereocenters. The summed E-state index contributed by atoms with van der Waals surface area (Å²) in [5.74, 6) is 1.09. The topological polar surface area (TPSA) is 72.3 Å². The third-order valence-electron chi connectivity index (χ3n) is 7.49. The van der Waals surface area contributed by atoms with Crippen molar-refractivity contribution < 1.29 is 18.3 Å². The number of fused-ring (bicyclic) bond motifs is 1. The Morgan fingerprint density at radius 3 is 2.58 bits per heavy atom. The molecule has 9 heteroatoms. The lowest BCUT2D eigenvalue weighted by molar-refractivity contribution is -0.119. The van der Waals surface area contributed by atoms with Crippen LogP contribution in [0, 0.1) is 17.6 Å². The van der Waals surface area contributed by atoms with E-state index in [1.54, 1.807) is 29.0 Å². The van der Waals surface area contributed by atoms with Gasteiger partial charge in [-0.2, -0.15) is 0 Å². The Bertz CT molecular complexity index is 1530. The summed E-state index contributed by atoms with van der Waals surface area (Å²) in [5.41, 5.74) is 2.72. The van der Waals surface area contributed by atoms with Gasteiger partial charge >= 0.3 is 0 Å². The first-order valence-corrected chi connectivity index (χ1v) is 13.8. The molecule has 1 aliphatic rings. The predicted molar refractivity (Wildman–Crippen MR) is 152 cm³/mol. The maximum atomic E-state index is 14.5. The first-order valence-electron chi connectivity index (χ1n) is 13.8. The number of pyridine rings is 1. The number of imidazole rings is 1. The average molecular weight is 548 g/mol. The van der Waals surface area contributed by atoms with Crippen molar-refractivity contribution in [1.29, 1.82) is 0 Å².